The number of benzene rings is 1. The van der Waals surface area contributed by atoms with E-state index in [4.69, 9.17) is 12.2 Å². The van der Waals surface area contributed by atoms with E-state index in [9.17, 15) is 0 Å². The molecular weight excluding hydrogens is 294 g/mol. The Morgan fingerprint density at radius 1 is 1.47 bits per heavy atom. The lowest BCUT2D eigenvalue weighted by Gasteiger charge is -2.00. The number of amidine groups is 1. The average Bonchev–Trinajstić information content (AvgIpc) is 2.71. The van der Waals surface area contributed by atoms with Crippen LogP contribution in [-0.4, -0.2) is 27.4 Å². The first-order chi connectivity index (χ1) is 9.15. The molecule has 6 heteroatoms. The van der Waals surface area contributed by atoms with Crippen LogP contribution in [0.3, 0.4) is 0 Å². The normalized spacial score (nSPS) is 18.9. The third-order valence-electron chi connectivity index (χ3n) is 2.44. The summed E-state index contributed by atoms with van der Waals surface area (Å²) < 4.78 is 0. The summed E-state index contributed by atoms with van der Waals surface area (Å²) in [6.07, 6.45) is 1.85. The van der Waals surface area contributed by atoms with Crippen LogP contribution in [0.15, 0.2) is 39.3 Å². The van der Waals surface area contributed by atoms with E-state index in [2.05, 4.69) is 46.7 Å². The lowest BCUT2D eigenvalue weighted by atomic mass is 10.2. The van der Waals surface area contributed by atoms with Gasteiger partial charge < -0.3 is 0 Å². The van der Waals surface area contributed by atoms with Crippen molar-refractivity contribution in [3.05, 3.63) is 29.8 Å². The number of hydrogen-bond acceptors (Lipinski definition) is 5. The molecule has 1 aliphatic heterocycles. The Balaban J connectivity index is 1.71. The second kappa shape index (κ2) is 7.07. The average molecular weight is 309 g/mol. The lowest BCUT2D eigenvalue weighted by Crippen LogP contribution is -2.12. The van der Waals surface area contributed by atoms with Crippen LogP contribution >= 0.6 is 35.7 Å². The van der Waals surface area contributed by atoms with Gasteiger partial charge in [0.05, 0.1) is 5.25 Å². The van der Waals surface area contributed by atoms with Crippen LogP contribution in [0.5, 0.6) is 0 Å². The van der Waals surface area contributed by atoms with Crippen LogP contribution in [0.1, 0.15) is 12.5 Å². The highest BCUT2D eigenvalue weighted by Crippen LogP contribution is 2.21. The number of aryl methyl sites for hydroxylation is 1. The molecule has 1 N–H and O–H groups in total. The molecule has 0 aliphatic carbocycles. The highest BCUT2D eigenvalue weighted by atomic mass is 32.2. The van der Waals surface area contributed by atoms with Gasteiger partial charge in [-0.25, -0.2) is 4.99 Å². The van der Waals surface area contributed by atoms with E-state index in [1.54, 1.807) is 23.5 Å². The highest BCUT2D eigenvalue weighted by molar-refractivity contribution is 8.16. The Labute approximate surface area is 127 Å². The predicted molar refractivity (Wildman–Crippen MR) is 90.6 cm³/mol. The Morgan fingerprint density at radius 3 is 2.84 bits per heavy atom. The van der Waals surface area contributed by atoms with Crippen molar-refractivity contribution in [2.24, 2.45) is 10.1 Å². The second-order valence-corrected chi connectivity index (χ2v) is 6.90. The van der Waals surface area contributed by atoms with Gasteiger partial charge in [0, 0.05) is 16.9 Å². The first-order valence-electron chi connectivity index (χ1n) is 5.91. The van der Waals surface area contributed by atoms with Crippen molar-refractivity contribution >= 4 is 52.1 Å². The van der Waals surface area contributed by atoms with Crippen molar-refractivity contribution in [1.29, 1.82) is 0 Å². The maximum absolute atomic E-state index is 5.09. The SMILES string of the molecule is Cc1ccc(SC/C=N/NC2=NC(=S)C(C)S2)cc1. The Kier molecular flexibility index (Phi) is 5.42. The number of aliphatic imine (C=N–C) groups is 1. The number of hydrogen-bond donors (Lipinski definition) is 1. The van der Waals surface area contributed by atoms with Crippen LogP contribution in [0.25, 0.3) is 0 Å². The number of nitrogens with one attached hydrogen (secondary N) is 1. The molecule has 2 rings (SSSR count). The molecule has 3 nitrogen and oxygen atoms in total. The molecule has 0 spiro atoms. The Bertz CT molecular complexity index is 508. The van der Waals surface area contributed by atoms with E-state index < -0.39 is 0 Å². The summed E-state index contributed by atoms with van der Waals surface area (Å²) in [5.74, 6) is 0.827. The predicted octanol–water partition coefficient (Wildman–Crippen LogP) is 3.48. The second-order valence-electron chi connectivity index (χ2n) is 4.06. The maximum Gasteiger partial charge on any atom is 0.183 e. The molecule has 1 aromatic rings. The lowest BCUT2D eigenvalue weighted by molar-refractivity contribution is 1.06. The molecule has 100 valence electrons. The van der Waals surface area contributed by atoms with Crippen LogP contribution in [0, 0.1) is 6.92 Å². The van der Waals surface area contributed by atoms with Crippen molar-refractivity contribution in [3.63, 3.8) is 0 Å². The fourth-order valence-corrected chi connectivity index (χ4v) is 3.10. The molecule has 0 saturated carbocycles. The zero-order valence-electron chi connectivity index (χ0n) is 10.8. The van der Waals surface area contributed by atoms with E-state index in [1.165, 1.54) is 10.5 Å². The van der Waals surface area contributed by atoms with Crippen molar-refractivity contribution in [2.75, 3.05) is 5.75 Å². The number of hydrazone groups is 1. The van der Waals surface area contributed by atoms with Crippen LogP contribution in [0.2, 0.25) is 0 Å². The molecule has 1 heterocycles. The van der Waals surface area contributed by atoms with Gasteiger partial charge in [0.2, 0.25) is 0 Å². The summed E-state index contributed by atoms with van der Waals surface area (Å²) in [7, 11) is 0. The summed E-state index contributed by atoms with van der Waals surface area (Å²) in [5.41, 5.74) is 4.20. The fraction of sp³-hybridized carbons (Fsp3) is 0.308. The quantitative estimate of drug-likeness (QED) is 0.400. The molecule has 1 aliphatic rings. The largest absolute Gasteiger partial charge is 0.256 e. The zero-order chi connectivity index (χ0) is 13.7. The summed E-state index contributed by atoms with van der Waals surface area (Å²) in [6.45, 7) is 4.13. The minimum Gasteiger partial charge on any atom is -0.256 e. The van der Waals surface area contributed by atoms with E-state index in [0.29, 0.717) is 0 Å². The van der Waals surface area contributed by atoms with E-state index in [0.717, 1.165) is 15.9 Å². The van der Waals surface area contributed by atoms with Gasteiger partial charge in [-0.1, -0.05) is 41.7 Å². The summed E-state index contributed by atoms with van der Waals surface area (Å²) >= 11 is 8.45. The third-order valence-corrected chi connectivity index (χ3v) is 4.94. The van der Waals surface area contributed by atoms with Gasteiger partial charge >= 0.3 is 0 Å². The van der Waals surface area contributed by atoms with Crippen molar-refractivity contribution in [1.82, 2.24) is 5.43 Å². The first-order valence-corrected chi connectivity index (χ1v) is 8.18. The Hall–Kier alpha value is -0.850. The zero-order valence-corrected chi connectivity index (χ0v) is 13.2. The monoisotopic (exact) mass is 309 g/mol. The van der Waals surface area contributed by atoms with E-state index >= 15 is 0 Å². The highest BCUT2D eigenvalue weighted by Gasteiger charge is 2.19. The molecular formula is C13H15N3S3. The first kappa shape index (κ1) is 14.6. The Morgan fingerprint density at radius 2 is 2.21 bits per heavy atom. The molecule has 0 radical (unpaired) electrons. The minimum absolute atomic E-state index is 0.273. The third kappa shape index (κ3) is 4.63. The minimum atomic E-state index is 0.273. The van der Waals surface area contributed by atoms with E-state index in [-0.39, 0.29) is 5.25 Å². The molecule has 0 aromatic heterocycles. The van der Waals surface area contributed by atoms with Gasteiger partial charge in [0.1, 0.15) is 4.99 Å². The molecule has 0 fully saturated rings. The van der Waals surface area contributed by atoms with Crippen molar-refractivity contribution in [3.8, 4) is 0 Å². The molecule has 19 heavy (non-hydrogen) atoms. The smallest absolute Gasteiger partial charge is 0.183 e. The summed E-state index contributed by atoms with van der Waals surface area (Å²) in [4.78, 5) is 6.20. The standard InChI is InChI=1S/C13H15N3S3/c1-9-3-5-11(6-4-9)18-8-7-14-16-13-15-12(17)10(2)19-13/h3-7,10H,8H2,1-2H3,(H,15,16,17)/b14-7+. The van der Waals surface area contributed by atoms with Crippen molar-refractivity contribution in [2.45, 2.75) is 24.0 Å². The van der Waals surface area contributed by atoms with Crippen LogP contribution in [-0.2, 0) is 0 Å². The molecule has 0 saturated heterocycles. The van der Waals surface area contributed by atoms with Gasteiger partial charge in [-0.15, -0.1) is 11.8 Å². The molecule has 0 bridgehead atoms. The van der Waals surface area contributed by atoms with E-state index in [1.807, 2.05) is 13.1 Å². The van der Waals surface area contributed by atoms with Gasteiger partial charge in [-0.2, -0.15) is 5.10 Å². The molecule has 1 atom stereocenters. The number of thioether (sulfide) groups is 2. The molecule has 1 aromatic carbocycles. The van der Waals surface area contributed by atoms with Gasteiger partial charge in [0.15, 0.2) is 5.17 Å². The van der Waals surface area contributed by atoms with Crippen LogP contribution in [0.4, 0.5) is 0 Å². The summed E-state index contributed by atoms with van der Waals surface area (Å²) in [6, 6.07) is 8.48. The van der Waals surface area contributed by atoms with Crippen molar-refractivity contribution < 1.29 is 0 Å². The topological polar surface area (TPSA) is 36.8 Å². The number of nitrogens with zero attached hydrogens (tertiary/aromatic N) is 2. The van der Waals surface area contributed by atoms with Crippen LogP contribution < -0.4 is 5.43 Å². The van der Waals surface area contributed by atoms with Gasteiger partial charge in [-0.3, -0.25) is 5.43 Å². The molecule has 0 amide bonds. The fourth-order valence-electron chi connectivity index (χ4n) is 1.39. The number of thiocarbonyl (C=S) groups is 1. The molecule has 1 unspecified atom stereocenters. The maximum atomic E-state index is 5.09. The van der Waals surface area contributed by atoms with Gasteiger partial charge in [0.25, 0.3) is 0 Å². The number of rotatable bonds is 4. The van der Waals surface area contributed by atoms with Gasteiger partial charge in [-0.05, 0) is 26.0 Å². The summed E-state index contributed by atoms with van der Waals surface area (Å²) in [5, 5.41) is 5.21.